The fraction of sp³-hybridized carbons (Fsp3) is 1.00. The summed E-state index contributed by atoms with van der Waals surface area (Å²) >= 11 is 3.81. The predicted molar refractivity (Wildman–Crippen MR) is 30.4 cm³/mol. The van der Waals surface area contributed by atoms with E-state index in [1.165, 1.54) is 0 Å². The minimum atomic E-state index is -0.764. The van der Waals surface area contributed by atoms with Gasteiger partial charge >= 0.3 is 0 Å². The Morgan fingerprint density at radius 3 is 1.83 bits per heavy atom. The van der Waals surface area contributed by atoms with Crippen molar-refractivity contribution in [2.75, 3.05) is 0 Å². The minimum Gasteiger partial charge on any atom is -0.305 e. The Hall–Kier alpha value is 0.270. The van der Waals surface area contributed by atoms with Crippen molar-refractivity contribution in [3.63, 3.8) is 0 Å². The molecule has 0 aliphatic rings. The van der Waals surface area contributed by atoms with Gasteiger partial charge in [0.05, 0.1) is 0 Å². The van der Waals surface area contributed by atoms with Crippen molar-refractivity contribution in [2.45, 2.75) is 18.3 Å². The van der Waals surface area contributed by atoms with Gasteiger partial charge in [-0.05, 0) is 6.42 Å². The highest BCUT2D eigenvalue weighted by Crippen LogP contribution is 1.98. The maximum absolute atomic E-state index is 5.18. The highest BCUT2D eigenvalue weighted by Gasteiger charge is 2.05. The molecule has 0 saturated heterocycles. The summed E-state index contributed by atoms with van der Waals surface area (Å²) in [5, 5.41) is 0. The van der Waals surface area contributed by atoms with E-state index in [2.05, 4.69) is 12.6 Å². The van der Waals surface area contributed by atoms with E-state index in [0.717, 1.165) is 0 Å². The monoisotopic (exact) mass is 106 g/mol. The molecule has 0 heterocycles. The summed E-state index contributed by atoms with van der Waals surface area (Å²) in [5.74, 6) is 0. The third kappa shape index (κ3) is 4.27. The molecule has 0 unspecified atom stereocenters. The highest BCUT2D eigenvalue weighted by atomic mass is 32.1. The molecule has 0 atom stereocenters. The molecule has 6 heavy (non-hydrogen) atoms. The quantitative estimate of drug-likeness (QED) is 0.323. The zero-order valence-corrected chi connectivity index (χ0v) is 4.70. The van der Waals surface area contributed by atoms with Crippen LogP contribution < -0.4 is 11.5 Å². The Labute approximate surface area is 43.3 Å². The van der Waals surface area contributed by atoms with Crippen LogP contribution in [0.25, 0.3) is 0 Å². The predicted octanol–water partition coefficient (Wildman–Crippen LogP) is -0.103. The molecule has 0 saturated carbocycles. The maximum atomic E-state index is 5.18. The number of hydrogen-bond donors (Lipinski definition) is 3. The van der Waals surface area contributed by atoms with E-state index in [1.54, 1.807) is 0 Å². The first-order valence-corrected chi connectivity index (χ1v) is 2.31. The van der Waals surface area contributed by atoms with Crippen LogP contribution in [-0.4, -0.2) is 4.99 Å². The third-order valence-electron chi connectivity index (χ3n) is 0.566. The van der Waals surface area contributed by atoms with Gasteiger partial charge < -0.3 is 11.5 Å². The molecule has 0 aromatic rings. The lowest BCUT2D eigenvalue weighted by atomic mass is 10.4. The van der Waals surface area contributed by atoms with Crippen LogP contribution in [0.15, 0.2) is 0 Å². The van der Waals surface area contributed by atoms with Crippen LogP contribution in [0.5, 0.6) is 0 Å². The van der Waals surface area contributed by atoms with Crippen molar-refractivity contribution in [3.8, 4) is 0 Å². The Morgan fingerprint density at radius 1 is 1.67 bits per heavy atom. The SMILES string of the molecule is CCC(N)(N)S. The van der Waals surface area contributed by atoms with Gasteiger partial charge in [-0.2, -0.15) is 0 Å². The van der Waals surface area contributed by atoms with Gasteiger partial charge in [-0.15, -0.1) is 12.6 Å². The lowest BCUT2D eigenvalue weighted by Gasteiger charge is -2.12. The average molecular weight is 106 g/mol. The maximum Gasteiger partial charge on any atom is 0.109 e. The lowest BCUT2D eigenvalue weighted by molar-refractivity contribution is 0.625. The zero-order chi connectivity index (χ0) is 5.21. The van der Waals surface area contributed by atoms with E-state index in [4.69, 9.17) is 11.5 Å². The van der Waals surface area contributed by atoms with E-state index in [1.807, 2.05) is 6.92 Å². The number of nitrogens with two attached hydrogens (primary N) is 2. The molecular formula is C3H10N2S. The molecule has 3 heteroatoms. The molecule has 0 rings (SSSR count). The van der Waals surface area contributed by atoms with E-state index in [0.29, 0.717) is 6.42 Å². The number of rotatable bonds is 1. The van der Waals surface area contributed by atoms with Gasteiger partial charge in [0.1, 0.15) is 4.99 Å². The van der Waals surface area contributed by atoms with Gasteiger partial charge in [0.25, 0.3) is 0 Å². The molecule has 0 aromatic carbocycles. The van der Waals surface area contributed by atoms with Crippen LogP contribution in [-0.2, 0) is 0 Å². The fourth-order valence-electron chi connectivity index (χ4n) is 0. The molecular weight excluding hydrogens is 96.1 g/mol. The van der Waals surface area contributed by atoms with E-state index in [9.17, 15) is 0 Å². The van der Waals surface area contributed by atoms with E-state index < -0.39 is 4.99 Å². The van der Waals surface area contributed by atoms with Crippen LogP contribution in [0.1, 0.15) is 13.3 Å². The molecule has 38 valence electrons. The Kier molecular flexibility index (Phi) is 1.90. The van der Waals surface area contributed by atoms with Crippen LogP contribution in [0.2, 0.25) is 0 Å². The fourth-order valence-corrected chi connectivity index (χ4v) is 0. The molecule has 0 bridgehead atoms. The van der Waals surface area contributed by atoms with Gasteiger partial charge in [-0.1, -0.05) is 6.92 Å². The van der Waals surface area contributed by atoms with Gasteiger partial charge in [0.2, 0.25) is 0 Å². The summed E-state index contributed by atoms with van der Waals surface area (Å²) in [6.45, 7) is 1.88. The van der Waals surface area contributed by atoms with Gasteiger partial charge in [0.15, 0.2) is 0 Å². The van der Waals surface area contributed by atoms with Crippen LogP contribution in [0.3, 0.4) is 0 Å². The second-order valence-corrected chi connectivity index (χ2v) is 2.18. The van der Waals surface area contributed by atoms with Gasteiger partial charge in [0, 0.05) is 0 Å². The van der Waals surface area contributed by atoms with Crippen molar-refractivity contribution in [1.29, 1.82) is 0 Å². The average Bonchev–Trinajstić information content (AvgIpc) is 1.35. The van der Waals surface area contributed by atoms with Crippen molar-refractivity contribution < 1.29 is 0 Å². The first-order valence-electron chi connectivity index (χ1n) is 1.86. The highest BCUT2D eigenvalue weighted by molar-refractivity contribution is 7.81. The molecule has 0 aromatic heterocycles. The minimum absolute atomic E-state index is 0.691. The molecule has 0 radical (unpaired) electrons. The van der Waals surface area contributed by atoms with E-state index >= 15 is 0 Å². The molecule has 0 amide bonds. The lowest BCUT2D eigenvalue weighted by Crippen LogP contribution is -2.42. The topological polar surface area (TPSA) is 52.0 Å². The van der Waals surface area contributed by atoms with Crippen molar-refractivity contribution in [1.82, 2.24) is 0 Å². The van der Waals surface area contributed by atoms with E-state index in [-0.39, 0.29) is 0 Å². The van der Waals surface area contributed by atoms with Gasteiger partial charge in [-0.25, -0.2) is 0 Å². The zero-order valence-electron chi connectivity index (χ0n) is 3.81. The molecule has 0 fully saturated rings. The Bertz CT molecular complexity index is 38.5. The van der Waals surface area contributed by atoms with Gasteiger partial charge in [-0.3, -0.25) is 0 Å². The largest absolute Gasteiger partial charge is 0.305 e. The number of thiol groups is 1. The molecule has 2 nitrogen and oxygen atoms in total. The molecule has 0 aliphatic carbocycles. The van der Waals surface area contributed by atoms with Crippen LogP contribution in [0.4, 0.5) is 0 Å². The van der Waals surface area contributed by atoms with Crippen molar-refractivity contribution >= 4 is 12.6 Å². The standard InChI is InChI=1S/C3H10N2S/c1-2-3(4,5)6/h6H,2,4-5H2,1H3. The second-order valence-electron chi connectivity index (χ2n) is 1.34. The summed E-state index contributed by atoms with van der Waals surface area (Å²) in [7, 11) is 0. The second kappa shape index (κ2) is 1.82. The normalized spacial score (nSPS) is 12.0. The Morgan fingerprint density at radius 2 is 1.83 bits per heavy atom. The molecule has 0 aliphatic heterocycles. The summed E-state index contributed by atoms with van der Waals surface area (Å²) in [5.41, 5.74) is 10.4. The number of hydrogen-bond acceptors (Lipinski definition) is 3. The first kappa shape index (κ1) is 6.27. The Balaban J connectivity index is 3.17. The third-order valence-corrected chi connectivity index (χ3v) is 0.883. The summed E-state index contributed by atoms with van der Waals surface area (Å²) in [4.78, 5) is -0.764. The van der Waals surface area contributed by atoms with Crippen molar-refractivity contribution in [2.24, 2.45) is 11.5 Å². The smallest absolute Gasteiger partial charge is 0.109 e. The van der Waals surface area contributed by atoms with Crippen LogP contribution >= 0.6 is 12.6 Å². The molecule has 0 spiro atoms. The summed E-state index contributed by atoms with van der Waals surface area (Å²) < 4.78 is 0. The van der Waals surface area contributed by atoms with Crippen molar-refractivity contribution in [3.05, 3.63) is 0 Å². The van der Waals surface area contributed by atoms with Crippen LogP contribution in [0, 0.1) is 0 Å². The summed E-state index contributed by atoms with van der Waals surface area (Å²) in [6.07, 6.45) is 0.691. The first-order chi connectivity index (χ1) is 2.56. The summed E-state index contributed by atoms with van der Waals surface area (Å²) in [6, 6.07) is 0. The molecule has 4 N–H and O–H groups in total.